The molecule has 1 fully saturated rings. The summed E-state index contributed by atoms with van der Waals surface area (Å²) in [7, 11) is 1.80. The Morgan fingerprint density at radius 2 is 2.20 bits per heavy atom. The second kappa shape index (κ2) is 6.67. The van der Waals surface area contributed by atoms with Gasteiger partial charge in [0.15, 0.2) is 0 Å². The molecule has 1 aliphatic carbocycles. The SMILES string of the molecule is CN(CC(=O)NC(=O)c1ccc[nH]1)C1CCCCC1O. The van der Waals surface area contributed by atoms with Gasteiger partial charge in [0, 0.05) is 12.2 Å². The molecule has 2 rings (SSSR count). The van der Waals surface area contributed by atoms with Gasteiger partial charge in [-0.25, -0.2) is 0 Å². The zero-order chi connectivity index (χ0) is 14.5. The number of amides is 2. The van der Waals surface area contributed by atoms with E-state index in [1.54, 1.807) is 25.4 Å². The average Bonchev–Trinajstić information content (AvgIpc) is 2.92. The molecule has 1 heterocycles. The van der Waals surface area contributed by atoms with Gasteiger partial charge in [0.05, 0.1) is 12.6 Å². The van der Waals surface area contributed by atoms with Crippen LogP contribution in [-0.2, 0) is 4.79 Å². The number of rotatable bonds is 4. The van der Waals surface area contributed by atoms with Crippen LogP contribution in [-0.4, -0.2) is 52.5 Å². The van der Waals surface area contributed by atoms with Gasteiger partial charge in [-0.05, 0) is 32.0 Å². The van der Waals surface area contributed by atoms with Crippen molar-refractivity contribution in [1.29, 1.82) is 0 Å². The lowest BCUT2D eigenvalue weighted by molar-refractivity contribution is -0.122. The lowest BCUT2D eigenvalue weighted by Crippen LogP contribution is -2.48. The van der Waals surface area contributed by atoms with E-state index >= 15 is 0 Å². The van der Waals surface area contributed by atoms with Crippen LogP contribution in [0.3, 0.4) is 0 Å². The van der Waals surface area contributed by atoms with Crippen LogP contribution >= 0.6 is 0 Å². The summed E-state index contributed by atoms with van der Waals surface area (Å²) in [5, 5.41) is 12.3. The number of carbonyl (C=O) groups is 2. The largest absolute Gasteiger partial charge is 0.391 e. The molecular weight excluding hydrogens is 258 g/mol. The number of imide groups is 1. The third-order valence-electron chi connectivity index (χ3n) is 3.75. The molecule has 2 atom stereocenters. The zero-order valence-corrected chi connectivity index (χ0v) is 11.6. The molecule has 0 bridgehead atoms. The standard InChI is InChI=1S/C14H21N3O3/c1-17(11-6-2-3-7-12(11)18)9-13(19)16-14(20)10-5-4-8-15-10/h4-5,8,11-12,15,18H,2-3,6-7,9H2,1H3,(H,16,19,20). The summed E-state index contributed by atoms with van der Waals surface area (Å²) in [6.45, 7) is 0.105. The maximum absolute atomic E-state index is 11.8. The third kappa shape index (κ3) is 3.68. The van der Waals surface area contributed by atoms with Crippen LogP contribution in [0.5, 0.6) is 0 Å². The van der Waals surface area contributed by atoms with Crippen LogP contribution in [0.25, 0.3) is 0 Å². The number of hydrogen-bond acceptors (Lipinski definition) is 4. The molecule has 0 aliphatic heterocycles. The molecule has 20 heavy (non-hydrogen) atoms. The van der Waals surface area contributed by atoms with Gasteiger partial charge in [-0.1, -0.05) is 12.8 Å². The smallest absolute Gasteiger partial charge is 0.274 e. The van der Waals surface area contributed by atoms with Crippen LogP contribution in [0.15, 0.2) is 18.3 Å². The Morgan fingerprint density at radius 1 is 1.45 bits per heavy atom. The Morgan fingerprint density at radius 3 is 2.85 bits per heavy atom. The molecule has 0 radical (unpaired) electrons. The van der Waals surface area contributed by atoms with Crippen LogP contribution in [0.2, 0.25) is 0 Å². The first-order valence-electron chi connectivity index (χ1n) is 6.94. The van der Waals surface area contributed by atoms with Crippen molar-refractivity contribution >= 4 is 11.8 Å². The van der Waals surface area contributed by atoms with Crippen molar-refractivity contribution in [1.82, 2.24) is 15.2 Å². The molecule has 1 aliphatic rings. The van der Waals surface area contributed by atoms with Gasteiger partial charge in [-0.2, -0.15) is 0 Å². The number of carbonyl (C=O) groups excluding carboxylic acids is 2. The molecule has 1 aromatic heterocycles. The fourth-order valence-electron chi connectivity index (χ4n) is 2.65. The maximum atomic E-state index is 11.8. The fraction of sp³-hybridized carbons (Fsp3) is 0.571. The van der Waals surface area contributed by atoms with E-state index in [2.05, 4.69) is 10.3 Å². The number of likely N-dealkylation sites (N-methyl/N-ethyl adjacent to an activating group) is 1. The normalized spacial score (nSPS) is 22.8. The van der Waals surface area contributed by atoms with Crippen molar-refractivity contribution in [3.63, 3.8) is 0 Å². The highest BCUT2D eigenvalue weighted by Gasteiger charge is 2.27. The molecule has 1 saturated carbocycles. The van der Waals surface area contributed by atoms with Gasteiger partial charge in [0.2, 0.25) is 5.91 Å². The summed E-state index contributed by atoms with van der Waals surface area (Å²) in [6.07, 6.45) is 5.00. The van der Waals surface area contributed by atoms with Crippen molar-refractivity contribution in [3.8, 4) is 0 Å². The van der Waals surface area contributed by atoms with Crippen LogP contribution in [0.4, 0.5) is 0 Å². The van der Waals surface area contributed by atoms with E-state index < -0.39 is 5.91 Å². The Balaban J connectivity index is 1.83. The molecule has 0 saturated heterocycles. The lowest BCUT2D eigenvalue weighted by Gasteiger charge is -2.34. The molecule has 6 nitrogen and oxygen atoms in total. The molecule has 3 N–H and O–H groups in total. The molecule has 1 aromatic rings. The van der Waals surface area contributed by atoms with Gasteiger partial charge < -0.3 is 10.1 Å². The molecule has 2 unspecified atom stereocenters. The van der Waals surface area contributed by atoms with Crippen molar-refractivity contribution in [2.24, 2.45) is 0 Å². The minimum absolute atomic E-state index is 0.00455. The first-order valence-corrected chi connectivity index (χ1v) is 6.94. The lowest BCUT2D eigenvalue weighted by atomic mass is 9.91. The van der Waals surface area contributed by atoms with E-state index in [1.165, 1.54) is 0 Å². The number of nitrogens with zero attached hydrogens (tertiary/aromatic N) is 1. The fourth-order valence-corrected chi connectivity index (χ4v) is 2.65. The molecule has 0 spiro atoms. The molecule has 2 amide bonds. The first-order chi connectivity index (χ1) is 9.58. The average molecular weight is 279 g/mol. The summed E-state index contributed by atoms with van der Waals surface area (Å²) in [5.41, 5.74) is 0.360. The summed E-state index contributed by atoms with van der Waals surface area (Å²) < 4.78 is 0. The van der Waals surface area contributed by atoms with E-state index in [0.717, 1.165) is 25.7 Å². The van der Waals surface area contributed by atoms with Crippen molar-refractivity contribution < 1.29 is 14.7 Å². The molecule has 110 valence electrons. The third-order valence-corrected chi connectivity index (χ3v) is 3.75. The van der Waals surface area contributed by atoms with E-state index in [0.29, 0.717) is 5.69 Å². The van der Waals surface area contributed by atoms with Crippen LogP contribution < -0.4 is 5.32 Å². The Hall–Kier alpha value is -1.66. The highest BCUT2D eigenvalue weighted by molar-refractivity contribution is 6.04. The first kappa shape index (κ1) is 14.7. The van der Waals surface area contributed by atoms with E-state index in [1.807, 2.05) is 4.90 Å². The summed E-state index contributed by atoms with van der Waals surface area (Å²) >= 11 is 0. The van der Waals surface area contributed by atoms with Crippen molar-refractivity contribution in [3.05, 3.63) is 24.0 Å². The summed E-state index contributed by atoms with van der Waals surface area (Å²) in [6, 6.07) is 3.30. The van der Waals surface area contributed by atoms with Crippen molar-refractivity contribution in [2.75, 3.05) is 13.6 Å². The zero-order valence-electron chi connectivity index (χ0n) is 11.6. The number of hydrogen-bond donors (Lipinski definition) is 3. The predicted molar refractivity (Wildman–Crippen MR) is 74.2 cm³/mol. The highest BCUT2D eigenvalue weighted by Crippen LogP contribution is 2.22. The van der Waals surface area contributed by atoms with Gasteiger partial charge in [0.1, 0.15) is 5.69 Å². The van der Waals surface area contributed by atoms with Gasteiger partial charge >= 0.3 is 0 Å². The van der Waals surface area contributed by atoms with Crippen LogP contribution in [0.1, 0.15) is 36.2 Å². The summed E-state index contributed by atoms with van der Waals surface area (Å²) in [4.78, 5) is 28.1. The predicted octanol–water partition coefficient (Wildman–Crippen LogP) is 0.506. The van der Waals surface area contributed by atoms with Gasteiger partial charge in [0.25, 0.3) is 5.91 Å². The monoisotopic (exact) mass is 279 g/mol. The molecular formula is C14H21N3O3. The maximum Gasteiger partial charge on any atom is 0.274 e. The number of nitrogens with one attached hydrogen (secondary N) is 2. The summed E-state index contributed by atoms with van der Waals surface area (Å²) in [5.74, 6) is -0.789. The minimum Gasteiger partial charge on any atom is -0.391 e. The van der Waals surface area contributed by atoms with Gasteiger partial charge in [-0.15, -0.1) is 0 Å². The van der Waals surface area contributed by atoms with E-state index in [4.69, 9.17) is 0 Å². The number of aliphatic hydroxyl groups is 1. The van der Waals surface area contributed by atoms with E-state index in [9.17, 15) is 14.7 Å². The topological polar surface area (TPSA) is 85.4 Å². The number of aliphatic hydroxyl groups excluding tert-OH is 1. The second-order valence-corrected chi connectivity index (χ2v) is 5.30. The molecule has 0 aromatic carbocycles. The number of aromatic amines is 1. The Labute approximate surface area is 118 Å². The minimum atomic E-state index is -0.433. The Bertz CT molecular complexity index is 458. The quantitative estimate of drug-likeness (QED) is 0.749. The van der Waals surface area contributed by atoms with Gasteiger partial charge in [-0.3, -0.25) is 19.8 Å². The Kier molecular flexibility index (Phi) is 4.92. The second-order valence-electron chi connectivity index (χ2n) is 5.30. The number of H-pyrrole nitrogens is 1. The number of aromatic nitrogens is 1. The molecule has 6 heteroatoms. The van der Waals surface area contributed by atoms with Crippen LogP contribution in [0, 0.1) is 0 Å². The van der Waals surface area contributed by atoms with Crippen molar-refractivity contribution in [2.45, 2.75) is 37.8 Å². The highest BCUT2D eigenvalue weighted by atomic mass is 16.3. The van der Waals surface area contributed by atoms with E-state index in [-0.39, 0.29) is 24.6 Å².